The van der Waals surface area contributed by atoms with Crippen molar-refractivity contribution in [3.8, 4) is 5.75 Å². The third kappa shape index (κ3) is 6.99. The molecule has 0 spiro atoms. The van der Waals surface area contributed by atoms with E-state index in [0.29, 0.717) is 17.9 Å². The summed E-state index contributed by atoms with van der Waals surface area (Å²) in [4.78, 5) is 27.9. The van der Waals surface area contributed by atoms with E-state index in [4.69, 9.17) is 4.74 Å². The molecule has 0 saturated carbocycles. The van der Waals surface area contributed by atoms with Gasteiger partial charge in [-0.1, -0.05) is 94.5 Å². The van der Waals surface area contributed by atoms with Crippen LogP contribution in [-0.4, -0.2) is 35.4 Å². The van der Waals surface area contributed by atoms with Gasteiger partial charge < -0.3 is 14.7 Å². The number of carbonyl (C=O) groups excluding carboxylic acids is 2. The van der Waals surface area contributed by atoms with E-state index in [1.165, 1.54) is 44.9 Å². The van der Waals surface area contributed by atoms with E-state index >= 15 is 0 Å². The summed E-state index contributed by atoms with van der Waals surface area (Å²) >= 11 is 0. The highest BCUT2D eigenvalue weighted by atomic mass is 16.5. The van der Waals surface area contributed by atoms with E-state index in [9.17, 15) is 14.7 Å². The van der Waals surface area contributed by atoms with Crippen LogP contribution >= 0.6 is 0 Å². The molecular weight excluding hydrogens is 450 g/mol. The molecule has 1 unspecified atom stereocenters. The maximum Gasteiger partial charge on any atom is 0.295 e. The molecule has 5 nitrogen and oxygen atoms in total. The Bertz CT molecular complexity index is 1020. The summed E-state index contributed by atoms with van der Waals surface area (Å²) in [7, 11) is 1.57. The highest BCUT2D eigenvalue weighted by Crippen LogP contribution is 2.39. The number of Topliss-reactive ketones (excluding diaryl/α,β-unsaturated/α-hetero) is 1. The molecule has 1 atom stereocenters. The Morgan fingerprint density at radius 3 is 1.94 bits per heavy atom. The van der Waals surface area contributed by atoms with Crippen molar-refractivity contribution in [2.45, 2.75) is 84.1 Å². The molecule has 1 N–H and O–H groups in total. The first kappa shape index (κ1) is 27.5. The molecule has 1 heterocycles. The molecule has 0 radical (unpaired) electrons. The van der Waals surface area contributed by atoms with Gasteiger partial charge in [0.2, 0.25) is 0 Å². The lowest BCUT2D eigenvalue weighted by molar-refractivity contribution is -0.139. The molecule has 1 aliphatic heterocycles. The van der Waals surface area contributed by atoms with Crippen molar-refractivity contribution >= 4 is 17.4 Å². The number of aliphatic hydroxyl groups excluding tert-OH is 1. The summed E-state index contributed by atoms with van der Waals surface area (Å²) in [5, 5.41) is 11.2. The second-order valence-electron chi connectivity index (χ2n) is 9.81. The zero-order valence-electron chi connectivity index (χ0n) is 22.1. The maximum atomic E-state index is 13.2. The average Bonchev–Trinajstić information content (AvgIpc) is 3.14. The molecule has 0 aromatic heterocycles. The van der Waals surface area contributed by atoms with Crippen molar-refractivity contribution < 1.29 is 19.4 Å². The van der Waals surface area contributed by atoms with Gasteiger partial charge in [0.25, 0.3) is 11.7 Å². The molecular formula is C31H41NO4. The van der Waals surface area contributed by atoms with E-state index in [1.807, 2.05) is 31.2 Å². The Hall–Kier alpha value is -3.08. The highest BCUT2D eigenvalue weighted by Gasteiger charge is 2.45. The van der Waals surface area contributed by atoms with E-state index in [2.05, 4.69) is 6.92 Å². The number of methoxy groups -OCH3 is 1. The van der Waals surface area contributed by atoms with Crippen molar-refractivity contribution in [1.82, 2.24) is 4.90 Å². The van der Waals surface area contributed by atoms with Crippen LogP contribution in [0.15, 0.2) is 54.1 Å². The predicted octanol–water partition coefficient (Wildman–Crippen LogP) is 7.35. The Kier molecular flexibility index (Phi) is 10.6. The average molecular weight is 492 g/mol. The van der Waals surface area contributed by atoms with Crippen LogP contribution in [-0.2, 0) is 9.59 Å². The molecule has 1 saturated heterocycles. The van der Waals surface area contributed by atoms with Gasteiger partial charge in [0.1, 0.15) is 11.5 Å². The molecule has 1 amide bonds. The fraction of sp³-hybridized carbons (Fsp3) is 0.484. The van der Waals surface area contributed by atoms with Crippen LogP contribution in [0.5, 0.6) is 5.75 Å². The highest BCUT2D eigenvalue weighted by molar-refractivity contribution is 6.46. The summed E-state index contributed by atoms with van der Waals surface area (Å²) in [6, 6.07) is 14.1. The summed E-state index contributed by atoms with van der Waals surface area (Å²) < 4.78 is 5.21. The van der Waals surface area contributed by atoms with Crippen LogP contribution in [0.25, 0.3) is 5.76 Å². The van der Waals surface area contributed by atoms with Crippen molar-refractivity contribution in [3.63, 3.8) is 0 Å². The molecule has 2 aromatic rings. The Morgan fingerprint density at radius 1 is 0.833 bits per heavy atom. The lowest BCUT2D eigenvalue weighted by Crippen LogP contribution is -2.30. The lowest BCUT2D eigenvalue weighted by Gasteiger charge is -2.25. The summed E-state index contributed by atoms with van der Waals surface area (Å²) in [5.41, 5.74) is 2.58. The van der Waals surface area contributed by atoms with Gasteiger partial charge in [-0.05, 0) is 43.2 Å². The molecule has 1 aliphatic rings. The normalized spacial score (nSPS) is 17.1. The molecule has 3 rings (SSSR count). The minimum atomic E-state index is -0.624. The zero-order chi connectivity index (χ0) is 25.9. The topological polar surface area (TPSA) is 66.8 Å². The molecule has 0 bridgehead atoms. The molecule has 2 aromatic carbocycles. The van der Waals surface area contributed by atoms with Crippen molar-refractivity contribution in [2.24, 2.45) is 0 Å². The molecule has 5 heteroatoms. The fourth-order valence-electron chi connectivity index (χ4n) is 4.88. The monoisotopic (exact) mass is 491 g/mol. The van der Waals surface area contributed by atoms with Crippen LogP contribution in [0.1, 0.15) is 93.9 Å². The van der Waals surface area contributed by atoms with Crippen molar-refractivity contribution in [1.29, 1.82) is 0 Å². The SMILES string of the molecule is CCCCCCCCCCCCN1C(=O)C(=O)C(=C(O)c2ccc(OC)cc2)C1c1ccc(C)cc1. The smallest absolute Gasteiger partial charge is 0.295 e. The van der Waals surface area contributed by atoms with Gasteiger partial charge in [0.15, 0.2) is 0 Å². The number of nitrogens with zero attached hydrogens (tertiary/aromatic N) is 1. The molecule has 194 valence electrons. The number of hydrogen-bond acceptors (Lipinski definition) is 4. The number of rotatable bonds is 14. The van der Waals surface area contributed by atoms with E-state index < -0.39 is 17.7 Å². The number of hydrogen-bond donors (Lipinski definition) is 1. The van der Waals surface area contributed by atoms with Gasteiger partial charge in [-0.25, -0.2) is 0 Å². The number of likely N-dealkylation sites (tertiary alicyclic amines) is 1. The summed E-state index contributed by atoms with van der Waals surface area (Å²) in [6.07, 6.45) is 12.0. The number of carbonyl (C=O) groups is 2. The van der Waals surface area contributed by atoms with Crippen LogP contribution in [0.2, 0.25) is 0 Å². The van der Waals surface area contributed by atoms with Gasteiger partial charge in [-0.2, -0.15) is 0 Å². The van der Waals surface area contributed by atoms with E-state index in [1.54, 1.807) is 36.3 Å². The Labute approximate surface area is 216 Å². The fourth-order valence-corrected chi connectivity index (χ4v) is 4.88. The second-order valence-corrected chi connectivity index (χ2v) is 9.81. The first-order valence-electron chi connectivity index (χ1n) is 13.5. The van der Waals surface area contributed by atoms with Crippen molar-refractivity contribution in [3.05, 3.63) is 70.8 Å². The molecule has 0 aliphatic carbocycles. The Balaban J connectivity index is 1.72. The third-order valence-electron chi connectivity index (χ3n) is 7.05. The Morgan fingerprint density at radius 2 is 1.39 bits per heavy atom. The third-order valence-corrected chi connectivity index (χ3v) is 7.05. The molecule has 36 heavy (non-hydrogen) atoms. The van der Waals surface area contributed by atoms with Crippen LogP contribution in [0.4, 0.5) is 0 Å². The maximum absolute atomic E-state index is 13.2. The van der Waals surface area contributed by atoms with Gasteiger partial charge in [0.05, 0.1) is 18.7 Å². The van der Waals surface area contributed by atoms with Gasteiger partial charge in [-0.3, -0.25) is 9.59 Å². The number of benzene rings is 2. The van der Waals surface area contributed by atoms with E-state index in [0.717, 1.165) is 30.4 Å². The first-order valence-corrected chi connectivity index (χ1v) is 13.5. The second kappa shape index (κ2) is 13.9. The number of ether oxygens (including phenoxy) is 1. The van der Waals surface area contributed by atoms with Crippen LogP contribution in [0, 0.1) is 6.92 Å². The van der Waals surface area contributed by atoms with Gasteiger partial charge in [-0.15, -0.1) is 0 Å². The van der Waals surface area contributed by atoms with Gasteiger partial charge in [0, 0.05) is 12.1 Å². The predicted molar refractivity (Wildman–Crippen MR) is 145 cm³/mol. The summed E-state index contributed by atoms with van der Waals surface area (Å²) in [6.45, 7) is 4.74. The first-order chi connectivity index (χ1) is 17.5. The number of ketones is 1. The number of amides is 1. The zero-order valence-corrected chi connectivity index (χ0v) is 22.1. The van der Waals surface area contributed by atoms with E-state index in [-0.39, 0.29) is 11.3 Å². The largest absolute Gasteiger partial charge is 0.507 e. The summed E-state index contributed by atoms with van der Waals surface area (Å²) in [5.74, 6) is -0.650. The number of unbranched alkanes of at least 4 members (excludes halogenated alkanes) is 9. The number of aryl methyl sites for hydroxylation is 1. The van der Waals surface area contributed by atoms with Crippen LogP contribution in [0.3, 0.4) is 0 Å². The van der Waals surface area contributed by atoms with Gasteiger partial charge >= 0.3 is 0 Å². The quantitative estimate of drug-likeness (QED) is 0.130. The standard InChI is InChI=1S/C31H41NO4/c1-4-5-6-7-8-9-10-11-12-13-22-32-28(24-16-14-23(2)15-17-24)27(30(34)31(32)35)29(33)25-18-20-26(36-3)21-19-25/h14-21,28,33H,4-13,22H2,1-3H3. The van der Waals surface area contributed by atoms with Crippen LogP contribution < -0.4 is 4.74 Å². The minimum absolute atomic E-state index is 0.146. The minimum Gasteiger partial charge on any atom is -0.507 e. The molecule has 1 fully saturated rings. The van der Waals surface area contributed by atoms with Crippen molar-refractivity contribution in [2.75, 3.05) is 13.7 Å². The lowest BCUT2D eigenvalue weighted by atomic mass is 9.94. The number of aliphatic hydroxyl groups is 1.